The minimum atomic E-state index is -5.08. The molecule has 0 N–H and O–H groups in total. The van der Waals surface area contributed by atoms with Crippen LogP contribution in [0.2, 0.25) is 0 Å². The van der Waals surface area contributed by atoms with Crippen LogP contribution >= 0.6 is 0 Å². The largest absolute Gasteiger partial charge is 0.573 e. The van der Waals surface area contributed by atoms with E-state index in [-0.39, 0.29) is 22.3 Å². The van der Waals surface area contributed by atoms with E-state index in [1.54, 1.807) is 12.2 Å². The molecule has 0 atom stereocenters. The number of hydrogen-bond acceptors (Lipinski definition) is 2. The normalized spacial score (nSPS) is 13.5. The molecule has 2 aliphatic carbocycles. The second-order valence-electron chi connectivity index (χ2n) is 16.2. The van der Waals surface area contributed by atoms with Crippen LogP contribution in [0.3, 0.4) is 0 Å². The van der Waals surface area contributed by atoms with Gasteiger partial charge in [-0.1, -0.05) is 99.5 Å². The van der Waals surface area contributed by atoms with Gasteiger partial charge in [0.1, 0.15) is 23.3 Å². The summed E-state index contributed by atoms with van der Waals surface area (Å²) in [6, 6.07) is 23.3. The van der Waals surface area contributed by atoms with E-state index in [4.69, 9.17) is 0 Å². The minimum absolute atomic E-state index is 0.206. The van der Waals surface area contributed by atoms with Crippen molar-refractivity contribution in [3.05, 3.63) is 176 Å². The molecule has 0 aromatic heterocycles. The first-order chi connectivity index (χ1) is 31.8. The summed E-state index contributed by atoms with van der Waals surface area (Å²) in [5.74, 6) is -8.40. The Hall–Kier alpha value is -6.44. The zero-order chi connectivity index (χ0) is 48.2. The number of allylic oxidation sites excluding steroid dienone is 2. The number of fused-ring (bicyclic) bond motifs is 2. The first-order valence-corrected chi connectivity index (χ1v) is 21.5. The highest BCUT2D eigenvalue weighted by atomic mass is 19.4. The van der Waals surface area contributed by atoms with Crippen molar-refractivity contribution in [1.82, 2.24) is 0 Å². The molecule has 0 saturated heterocycles. The second kappa shape index (κ2) is 20.2. The number of halogens is 12. The van der Waals surface area contributed by atoms with Crippen LogP contribution in [0.25, 0.3) is 45.6 Å². The first kappa shape index (κ1) is 48.5. The highest BCUT2D eigenvalue weighted by Gasteiger charge is 2.34. The number of benzene rings is 6. The summed E-state index contributed by atoms with van der Waals surface area (Å²) in [7, 11) is 0. The maximum atomic E-state index is 15.3. The Bertz CT molecular complexity index is 2820. The molecule has 0 fully saturated rings. The van der Waals surface area contributed by atoms with E-state index in [0.29, 0.717) is 61.1 Å². The van der Waals surface area contributed by atoms with Gasteiger partial charge in [-0.05, 0) is 148 Å². The second-order valence-corrected chi connectivity index (χ2v) is 16.2. The molecule has 0 bridgehead atoms. The van der Waals surface area contributed by atoms with E-state index in [1.165, 1.54) is 23.3 Å². The number of hydrogen-bond donors (Lipinski definition) is 0. The van der Waals surface area contributed by atoms with Crippen molar-refractivity contribution in [3.8, 4) is 33.8 Å². The standard InChI is InChI=1S/C27H22F6O.C26H20F6O/c1-2-3-4-16-5-7-17(8-6-16)18-9-11-21-20(13-18)15-23(29)25(26(21)30)19-10-12-24(22(28)14-19)34-27(31,32)33;1-2-3-15-4-6-16(7-5-15)17-8-10-20-19(12-17)14-22(28)24(25(20)29)18-9-11-23(21(27)13-18)33-26(30,31)32/h5-8,10,12-15H,2-4,9,11H2,1H3;4-7,9,11-14H,2-3,8,10H2,1H3. The molecule has 0 amide bonds. The molecule has 350 valence electrons. The zero-order valence-electron chi connectivity index (χ0n) is 36.1. The maximum Gasteiger partial charge on any atom is 0.573 e. The maximum absolute atomic E-state index is 15.3. The van der Waals surface area contributed by atoms with Gasteiger partial charge in [0, 0.05) is 0 Å². The molecule has 6 aromatic carbocycles. The predicted octanol–water partition coefficient (Wildman–Crippen LogP) is 16.6. The lowest BCUT2D eigenvalue weighted by atomic mass is 9.86. The van der Waals surface area contributed by atoms with Crippen molar-refractivity contribution in [3.63, 3.8) is 0 Å². The van der Waals surface area contributed by atoms with E-state index in [0.717, 1.165) is 66.5 Å². The minimum Gasteiger partial charge on any atom is -0.403 e. The molecule has 0 unspecified atom stereocenters. The average molecular weight is 939 g/mol. The van der Waals surface area contributed by atoms with Crippen LogP contribution in [0.5, 0.6) is 11.5 Å². The summed E-state index contributed by atoms with van der Waals surface area (Å²) in [6.07, 6.45) is 0.274. The fourth-order valence-corrected chi connectivity index (χ4v) is 8.31. The van der Waals surface area contributed by atoms with Crippen LogP contribution in [-0.2, 0) is 25.7 Å². The third-order valence-electron chi connectivity index (χ3n) is 11.6. The smallest absolute Gasteiger partial charge is 0.403 e. The van der Waals surface area contributed by atoms with Gasteiger partial charge in [-0.15, -0.1) is 26.3 Å². The van der Waals surface area contributed by atoms with Gasteiger partial charge >= 0.3 is 12.7 Å². The van der Waals surface area contributed by atoms with Crippen molar-refractivity contribution in [2.75, 3.05) is 0 Å². The van der Waals surface area contributed by atoms with Gasteiger partial charge in [-0.25, -0.2) is 26.3 Å². The van der Waals surface area contributed by atoms with E-state index in [2.05, 4.69) is 35.5 Å². The van der Waals surface area contributed by atoms with Crippen LogP contribution in [0.1, 0.15) is 90.5 Å². The summed E-state index contributed by atoms with van der Waals surface area (Å²) >= 11 is 0. The van der Waals surface area contributed by atoms with Gasteiger partial charge < -0.3 is 9.47 Å². The molecular weight excluding hydrogens is 897 g/mol. The third-order valence-corrected chi connectivity index (χ3v) is 11.6. The monoisotopic (exact) mass is 938 g/mol. The molecule has 0 radical (unpaired) electrons. The summed E-state index contributed by atoms with van der Waals surface area (Å²) in [5.41, 5.74) is 6.33. The summed E-state index contributed by atoms with van der Waals surface area (Å²) in [4.78, 5) is 0. The quantitative estimate of drug-likeness (QED) is 0.121. The summed E-state index contributed by atoms with van der Waals surface area (Å²) in [5, 5.41) is 0. The highest BCUT2D eigenvalue weighted by Crippen LogP contribution is 2.41. The lowest BCUT2D eigenvalue weighted by molar-refractivity contribution is -0.276. The SMILES string of the molecule is CCCCc1ccc(C2=Cc3cc(F)c(-c4ccc(OC(F)(F)F)c(F)c4)c(F)c3CC2)cc1.CCCc1ccc(C2=Cc3cc(F)c(-c4ccc(OC(F)(F)F)c(F)c4)c(F)c3CC2)cc1. The van der Waals surface area contributed by atoms with E-state index in [9.17, 15) is 43.9 Å². The molecule has 0 saturated carbocycles. The number of alkyl halides is 6. The number of aryl methyl sites for hydroxylation is 2. The van der Waals surface area contributed by atoms with Crippen LogP contribution in [-0.4, -0.2) is 12.7 Å². The molecule has 6 aromatic rings. The topological polar surface area (TPSA) is 18.5 Å². The summed E-state index contributed by atoms with van der Waals surface area (Å²) < 4.78 is 170. The molecule has 14 heteroatoms. The number of ether oxygens (including phenoxy) is 2. The van der Waals surface area contributed by atoms with Gasteiger partial charge in [0.25, 0.3) is 0 Å². The lowest BCUT2D eigenvalue weighted by Crippen LogP contribution is -2.18. The Labute approximate surface area is 379 Å². The van der Waals surface area contributed by atoms with Gasteiger partial charge in [-0.3, -0.25) is 0 Å². The van der Waals surface area contributed by atoms with Crippen LogP contribution in [0.15, 0.2) is 97.1 Å². The Morgan fingerprint density at radius 2 is 0.821 bits per heavy atom. The average Bonchev–Trinajstić information content (AvgIpc) is 3.27. The molecule has 2 nitrogen and oxygen atoms in total. The van der Waals surface area contributed by atoms with E-state index < -0.39 is 70.3 Å². The highest BCUT2D eigenvalue weighted by molar-refractivity contribution is 5.87. The van der Waals surface area contributed by atoms with Crippen molar-refractivity contribution in [1.29, 1.82) is 0 Å². The zero-order valence-corrected chi connectivity index (χ0v) is 36.1. The number of unbranched alkanes of at least 4 members (excludes halogenated alkanes) is 1. The Balaban J connectivity index is 0.000000199. The van der Waals surface area contributed by atoms with Gasteiger partial charge in [0.15, 0.2) is 23.1 Å². The Morgan fingerprint density at radius 1 is 0.433 bits per heavy atom. The fraction of sp³-hybridized carbons (Fsp3) is 0.245. The van der Waals surface area contributed by atoms with Crippen molar-refractivity contribution in [2.24, 2.45) is 0 Å². The summed E-state index contributed by atoms with van der Waals surface area (Å²) in [6.45, 7) is 4.24. The molecule has 67 heavy (non-hydrogen) atoms. The van der Waals surface area contributed by atoms with Crippen LogP contribution < -0.4 is 9.47 Å². The predicted molar refractivity (Wildman–Crippen MR) is 235 cm³/mol. The fourth-order valence-electron chi connectivity index (χ4n) is 8.31. The molecule has 0 heterocycles. The van der Waals surface area contributed by atoms with Crippen molar-refractivity contribution < 1.29 is 62.2 Å². The van der Waals surface area contributed by atoms with Gasteiger partial charge in [0.05, 0.1) is 11.1 Å². The Morgan fingerprint density at radius 3 is 1.18 bits per heavy atom. The molecule has 8 rings (SSSR count). The Kier molecular flexibility index (Phi) is 14.6. The van der Waals surface area contributed by atoms with Gasteiger partial charge in [0.2, 0.25) is 0 Å². The van der Waals surface area contributed by atoms with Crippen molar-refractivity contribution >= 4 is 23.3 Å². The lowest BCUT2D eigenvalue weighted by Gasteiger charge is -2.20. The van der Waals surface area contributed by atoms with E-state index >= 15 is 8.78 Å². The van der Waals surface area contributed by atoms with Crippen molar-refractivity contribution in [2.45, 2.75) is 84.4 Å². The van der Waals surface area contributed by atoms with Crippen LogP contribution in [0.4, 0.5) is 52.7 Å². The first-order valence-electron chi connectivity index (χ1n) is 21.5. The number of rotatable bonds is 11. The molecular formula is C53H42F12O2. The molecule has 0 spiro atoms. The van der Waals surface area contributed by atoms with E-state index in [1.807, 2.05) is 36.4 Å². The van der Waals surface area contributed by atoms with Crippen LogP contribution in [0, 0.1) is 34.9 Å². The molecule has 0 aliphatic heterocycles. The third kappa shape index (κ3) is 11.6. The van der Waals surface area contributed by atoms with Gasteiger partial charge in [-0.2, -0.15) is 0 Å². The molecule has 2 aliphatic rings.